The van der Waals surface area contributed by atoms with Crippen molar-refractivity contribution in [1.29, 1.82) is 0 Å². The summed E-state index contributed by atoms with van der Waals surface area (Å²) in [7, 11) is 0. The van der Waals surface area contributed by atoms with Crippen molar-refractivity contribution in [3.05, 3.63) is 47.8 Å². The van der Waals surface area contributed by atoms with Crippen LogP contribution in [0, 0.1) is 12.7 Å². The van der Waals surface area contributed by atoms with Gasteiger partial charge in [0.2, 0.25) is 0 Å². The first-order valence-electron chi connectivity index (χ1n) is 8.04. The van der Waals surface area contributed by atoms with Crippen LogP contribution in [0.1, 0.15) is 42.9 Å². The fraction of sp³-hybridized carbons (Fsp3) is 0.556. The molecule has 0 spiro atoms. The maximum absolute atomic E-state index is 14.3. The van der Waals surface area contributed by atoms with E-state index >= 15 is 0 Å². The Balaban J connectivity index is 2.13. The van der Waals surface area contributed by atoms with E-state index < -0.39 is 0 Å². The fourth-order valence-electron chi connectivity index (χ4n) is 3.07. The Morgan fingerprint density at radius 1 is 1.33 bits per heavy atom. The zero-order valence-electron chi connectivity index (χ0n) is 13.1. The van der Waals surface area contributed by atoms with Crippen LogP contribution in [-0.2, 0) is 0 Å². The topological polar surface area (TPSA) is 15.3 Å². The molecule has 0 saturated carbocycles. The van der Waals surface area contributed by atoms with Crippen LogP contribution in [0.15, 0.2) is 30.9 Å². The zero-order chi connectivity index (χ0) is 15.1. The Labute approximate surface area is 128 Å². The van der Waals surface area contributed by atoms with E-state index in [1.54, 1.807) is 6.07 Å². The van der Waals surface area contributed by atoms with Crippen LogP contribution in [0.4, 0.5) is 4.39 Å². The van der Waals surface area contributed by atoms with Gasteiger partial charge in [-0.05, 0) is 32.3 Å². The number of unbranched alkanes of at least 4 members (excludes halogenated alkanes) is 2. The van der Waals surface area contributed by atoms with Crippen molar-refractivity contribution in [3.8, 4) is 0 Å². The Hall–Kier alpha value is -1.19. The first kappa shape index (κ1) is 16.2. The number of benzene rings is 1. The monoisotopic (exact) mass is 290 g/mol. The van der Waals surface area contributed by atoms with Crippen LogP contribution in [0.3, 0.4) is 0 Å². The van der Waals surface area contributed by atoms with Crippen LogP contribution in [-0.4, -0.2) is 31.1 Å². The van der Waals surface area contributed by atoms with Crippen molar-refractivity contribution >= 4 is 0 Å². The normalized spacial score (nSPS) is 17.6. The summed E-state index contributed by atoms with van der Waals surface area (Å²) in [5.41, 5.74) is 2.01. The molecule has 1 N–H and O–H groups in total. The summed E-state index contributed by atoms with van der Waals surface area (Å²) in [5.74, 6) is -0.0622. The summed E-state index contributed by atoms with van der Waals surface area (Å²) in [5, 5.41) is 3.37. The van der Waals surface area contributed by atoms with E-state index in [-0.39, 0.29) is 11.9 Å². The van der Waals surface area contributed by atoms with E-state index in [9.17, 15) is 4.39 Å². The molecule has 0 unspecified atom stereocenters. The van der Waals surface area contributed by atoms with Gasteiger partial charge in [-0.3, -0.25) is 4.90 Å². The number of nitrogens with one attached hydrogen (secondary N) is 1. The van der Waals surface area contributed by atoms with E-state index in [0.717, 1.165) is 63.0 Å². The van der Waals surface area contributed by atoms with Crippen LogP contribution in [0.25, 0.3) is 0 Å². The van der Waals surface area contributed by atoms with Crippen molar-refractivity contribution in [2.24, 2.45) is 0 Å². The summed E-state index contributed by atoms with van der Waals surface area (Å²) in [4.78, 5) is 2.43. The molecule has 0 amide bonds. The molecule has 3 heteroatoms. The first-order valence-corrected chi connectivity index (χ1v) is 8.04. The Bertz CT molecular complexity index is 453. The molecule has 0 radical (unpaired) electrons. The molecule has 1 aromatic rings. The van der Waals surface area contributed by atoms with Crippen molar-refractivity contribution in [1.82, 2.24) is 10.2 Å². The maximum Gasteiger partial charge on any atom is 0.128 e. The summed E-state index contributed by atoms with van der Waals surface area (Å²) >= 11 is 0. The lowest BCUT2D eigenvalue weighted by molar-refractivity contribution is 0.159. The highest BCUT2D eigenvalue weighted by Crippen LogP contribution is 2.29. The average molecular weight is 290 g/mol. The second-order valence-corrected chi connectivity index (χ2v) is 5.90. The van der Waals surface area contributed by atoms with Crippen molar-refractivity contribution in [2.75, 3.05) is 26.2 Å². The first-order chi connectivity index (χ1) is 10.2. The minimum absolute atomic E-state index is 0.0622. The molecule has 1 heterocycles. The molecular formula is C18H27FN2. The van der Waals surface area contributed by atoms with Gasteiger partial charge in [0.05, 0.1) is 0 Å². The third kappa shape index (κ3) is 4.65. The largest absolute Gasteiger partial charge is 0.314 e. The molecule has 0 bridgehead atoms. The highest BCUT2D eigenvalue weighted by atomic mass is 19.1. The SMILES string of the molecule is C=CCCCC[C@H](c1cc(C)ccc1F)N1CCNCC1. The number of piperazine rings is 1. The number of hydrogen-bond acceptors (Lipinski definition) is 2. The van der Waals surface area contributed by atoms with Gasteiger partial charge in [0, 0.05) is 37.8 Å². The molecule has 21 heavy (non-hydrogen) atoms. The molecule has 1 aromatic carbocycles. The van der Waals surface area contributed by atoms with E-state index in [1.807, 2.05) is 25.1 Å². The minimum Gasteiger partial charge on any atom is -0.314 e. The van der Waals surface area contributed by atoms with E-state index in [2.05, 4.69) is 16.8 Å². The number of allylic oxidation sites excluding steroid dienone is 1. The lowest BCUT2D eigenvalue weighted by Gasteiger charge is -2.35. The summed E-state index contributed by atoms with van der Waals surface area (Å²) in [6, 6.07) is 5.70. The lowest BCUT2D eigenvalue weighted by Crippen LogP contribution is -2.45. The molecule has 0 aromatic heterocycles. The van der Waals surface area contributed by atoms with Crippen molar-refractivity contribution < 1.29 is 4.39 Å². The second kappa shape index (κ2) is 8.30. The zero-order valence-corrected chi connectivity index (χ0v) is 13.1. The molecule has 1 atom stereocenters. The fourth-order valence-corrected chi connectivity index (χ4v) is 3.07. The van der Waals surface area contributed by atoms with Gasteiger partial charge in [-0.25, -0.2) is 4.39 Å². The van der Waals surface area contributed by atoms with Gasteiger partial charge in [-0.2, -0.15) is 0 Å². The lowest BCUT2D eigenvalue weighted by atomic mass is 9.96. The Morgan fingerprint density at radius 3 is 2.81 bits per heavy atom. The van der Waals surface area contributed by atoms with Crippen molar-refractivity contribution in [2.45, 2.75) is 38.6 Å². The minimum atomic E-state index is -0.0622. The van der Waals surface area contributed by atoms with Gasteiger partial charge in [0.1, 0.15) is 5.82 Å². The number of halogens is 1. The molecule has 116 valence electrons. The number of aryl methyl sites for hydroxylation is 1. The maximum atomic E-state index is 14.3. The highest BCUT2D eigenvalue weighted by Gasteiger charge is 2.24. The third-order valence-electron chi connectivity index (χ3n) is 4.24. The molecule has 0 aliphatic carbocycles. The highest BCUT2D eigenvalue weighted by molar-refractivity contribution is 5.27. The summed E-state index contributed by atoms with van der Waals surface area (Å²) in [6.07, 6.45) is 6.29. The molecule has 1 fully saturated rings. The van der Waals surface area contributed by atoms with Crippen LogP contribution < -0.4 is 5.32 Å². The number of nitrogens with zero attached hydrogens (tertiary/aromatic N) is 1. The molecule has 2 nitrogen and oxygen atoms in total. The molecule has 2 rings (SSSR count). The van der Waals surface area contributed by atoms with E-state index in [1.165, 1.54) is 0 Å². The second-order valence-electron chi connectivity index (χ2n) is 5.90. The van der Waals surface area contributed by atoms with E-state index in [0.29, 0.717) is 0 Å². The van der Waals surface area contributed by atoms with Gasteiger partial charge in [0.15, 0.2) is 0 Å². The van der Waals surface area contributed by atoms with E-state index in [4.69, 9.17) is 0 Å². The predicted octanol–water partition coefficient (Wildman–Crippen LogP) is 3.83. The quantitative estimate of drug-likeness (QED) is 0.606. The molecule has 1 aliphatic heterocycles. The van der Waals surface area contributed by atoms with Crippen molar-refractivity contribution in [3.63, 3.8) is 0 Å². The Morgan fingerprint density at radius 2 is 2.10 bits per heavy atom. The molecule has 1 aliphatic rings. The van der Waals surface area contributed by atoms with Crippen LogP contribution in [0.2, 0.25) is 0 Å². The van der Waals surface area contributed by atoms with Gasteiger partial charge in [-0.15, -0.1) is 6.58 Å². The average Bonchev–Trinajstić information content (AvgIpc) is 2.51. The summed E-state index contributed by atoms with van der Waals surface area (Å²) in [6.45, 7) is 9.80. The predicted molar refractivity (Wildman–Crippen MR) is 87.0 cm³/mol. The van der Waals surface area contributed by atoms with Gasteiger partial charge < -0.3 is 5.32 Å². The third-order valence-corrected chi connectivity index (χ3v) is 4.24. The van der Waals surface area contributed by atoms with Crippen LogP contribution in [0.5, 0.6) is 0 Å². The number of hydrogen-bond donors (Lipinski definition) is 1. The van der Waals surface area contributed by atoms with Crippen LogP contribution >= 0.6 is 0 Å². The van der Waals surface area contributed by atoms with Gasteiger partial charge in [0.25, 0.3) is 0 Å². The smallest absolute Gasteiger partial charge is 0.128 e. The molecular weight excluding hydrogens is 263 g/mol. The summed E-state index contributed by atoms with van der Waals surface area (Å²) < 4.78 is 14.3. The number of rotatable bonds is 7. The van der Waals surface area contributed by atoms with Gasteiger partial charge in [-0.1, -0.05) is 30.2 Å². The molecule has 1 saturated heterocycles. The Kier molecular flexibility index (Phi) is 6.40. The standard InChI is InChI=1S/C18H27FN2/c1-3-4-5-6-7-18(21-12-10-20-11-13-21)16-14-15(2)8-9-17(16)19/h3,8-9,14,18,20H,1,4-7,10-13H2,2H3/t18-/m1/s1. The van der Waals surface area contributed by atoms with Gasteiger partial charge >= 0.3 is 0 Å².